The van der Waals surface area contributed by atoms with Crippen molar-refractivity contribution in [2.24, 2.45) is 9.98 Å². The van der Waals surface area contributed by atoms with E-state index in [1.807, 2.05) is 59.3 Å². The molecule has 0 amide bonds. The normalized spacial score (nSPS) is 20.1. The van der Waals surface area contributed by atoms with E-state index in [0.717, 1.165) is 69.9 Å². The predicted molar refractivity (Wildman–Crippen MR) is 94.4 cm³/mol. The number of rotatable bonds is 5. The molecule has 6 heteroatoms. The van der Waals surface area contributed by atoms with Gasteiger partial charge in [0.05, 0.1) is 0 Å². The number of aromatic nitrogens is 1. The molecular formula is C18H13N4Zn2-. The number of aromatic amines is 1. The first kappa shape index (κ1) is 16.9. The van der Waals surface area contributed by atoms with Crippen LogP contribution in [0.3, 0.4) is 0 Å². The van der Waals surface area contributed by atoms with Crippen molar-refractivity contribution in [2.45, 2.75) is 0 Å². The summed E-state index contributed by atoms with van der Waals surface area (Å²) >= 11 is 2.10. The molecule has 3 heterocycles. The molecule has 0 saturated heterocycles. The minimum atomic E-state index is 0.542. The zero-order chi connectivity index (χ0) is 16.9. The van der Waals surface area contributed by atoms with Gasteiger partial charge in [-0.2, -0.15) is 0 Å². The number of nitrogens with one attached hydrogen (secondary N) is 2. The molecule has 0 atom stereocenters. The molecule has 0 fully saturated rings. The SMILES string of the molecule is [NH-]C([CH]=[Zn])=Cc1ccc(C=C2C=CC(C=C3C=CC([CH]=[Zn])=N3)=N2)[nH]1. The second kappa shape index (κ2) is 7.79. The zero-order valence-corrected chi connectivity index (χ0v) is 19.1. The summed E-state index contributed by atoms with van der Waals surface area (Å²) in [5.41, 5.74) is 13.9. The number of aliphatic imine (C=N–C) groups is 2. The number of hydrogen-bond donors (Lipinski definition) is 1. The molecule has 1 aromatic heterocycles. The van der Waals surface area contributed by atoms with Crippen LogP contribution in [0.2, 0.25) is 0 Å². The van der Waals surface area contributed by atoms with E-state index in [9.17, 15) is 0 Å². The van der Waals surface area contributed by atoms with Crippen molar-refractivity contribution in [3.05, 3.63) is 76.7 Å². The Kier molecular flexibility index (Phi) is 5.50. The van der Waals surface area contributed by atoms with Crippen LogP contribution in [0, 0.1) is 0 Å². The Bertz CT molecular complexity index is 905. The molecule has 2 aliphatic heterocycles. The first-order valence-corrected chi connectivity index (χ1v) is 10.9. The Labute approximate surface area is 159 Å². The van der Waals surface area contributed by atoms with E-state index in [4.69, 9.17) is 5.73 Å². The van der Waals surface area contributed by atoms with Gasteiger partial charge in [0.2, 0.25) is 0 Å². The first-order valence-electron chi connectivity index (χ1n) is 7.50. The Balaban J connectivity index is 1.76. The Morgan fingerprint density at radius 1 is 0.917 bits per heavy atom. The van der Waals surface area contributed by atoms with Gasteiger partial charge >= 0.3 is 160 Å². The third-order valence-electron chi connectivity index (χ3n) is 3.44. The average molecular weight is 416 g/mol. The van der Waals surface area contributed by atoms with Gasteiger partial charge in [-0.1, -0.05) is 0 Å². The van der Waals surface area contributed by atoms with Crippen molar-refractivity contribution in [3.8, 4) is 0 Å². The molecule has 2 N–H and O–H groups in total. The van der Waals surface area contributed by atoms with Gasteiger partial charge in [0, 0.05) is 0 Å². The van der Waals surface area contributed by atoms with Crippen LogP contribution >= 0.6 is 0 Å². The fourth-order valence-electron chi connectivity index (χ4n) is 2.28. The second-order valence-corrected chi connectivity index (χ2v) is 6.97. The maximum atomic E-state index is 7.70. The molecule has 0 aromatic carbocycles. The molecule has 2 aliphatic rings. The number of nitrogens with zero attached hydrogens (tertiary/aromatic N) is 2. The van der Waals surface area contributed by atoms with Crippen molar-refractivity contribution in [2.75, 3.05) is 0 Å². The average Bonchev–Trinajstić information content (AvgIpc) is 3.30. The van der Waals surface area contributed by atoms with E-state index in [1.54, 1.807) is 0 Å². The van der Waals surface area contributed by atoms with Gasteiger partial charge in [0.15, 0.2) is 0 Å². The van der Waals surface area contributed by atoms with Gasteiger partial charge in [-0.15, -0.1) is 0 Å². The summed E-state index contributed by atoms with van der Waals surface area (Å²) in [7, 11) is 0. The van der Waals surface area contributed by atoms with Gasteiger partial charge in [-0.25, -0.2) is 0 Å². The van der Waals surface area contributed by atoms with Crippen LogP contribution in [-0.2, 0) is 35.7 Å². The number of allylic oxidation sites excluding steroid dienone is 6. The van der Waals surface area contributed by atoms with E-state index < -0.39 is 0 Å². The van der Waals surface area contributed by atoms with E-state index in [-0.39, 0.29) is 0 Å². The molecule has 0 radical (unpaired) electrons. The number of H-pyrrole nitrogens is 1. The quantitative estimate of drug-likeness (QED) is 0.716. The maximum absolute atomic E-state index is 7.70. The summed E-state index contributed by atoms with van der Waals surface area (Å²) in [4.78, 5) is 12.4. The van der Waals surface area contributed by atoms with Crippen LogP contribution in [0.15, 0.2) is 69.6 Å². The van der Waals surface area contributed by atoms with Gasteiger partial charge in [-0.3, -0.25) is 0 Å². The molecule has 0 spiro atoms. The molecule has 24 heavy (non-hydrogen) atoms. The fraction of sp³-hybridized carbons (Fsp3) is 0. The summed E-state index contributed by atoms with van der Waals surface area (Å²) in [6, 6.07) is 3.97. The summed E-state index contributed by atoms with van der Waals surface area (Å²) in [6.07, 6.45) is 13.8. The molecule has 0 bridgehead atoms. The topological polar surface area (TPSA) is 64.3 Å². The fourth-order valence-corrected chi connectivity index (χ4v) is 3.00. The second-order valence-electron chi connectivity index (χ2n) is 5.26. The van der Waals surface area contributed by atoms with Crippen molar-refractivity contribution in [1.29, 1.82) is 0 Å². The van der Waals surface area contributed by atoms with E-state index >= 15 is 0 Å². The van der Waals surface area contributed by atoms with Crippen LogP contribution in [-0.4, -0.2) is 25.6 Å². The van der Waals surface area contributed by atoms with Crippen LogP contribution < -0.4 is 0 Å². The predicted octanol–water partition coefficient (Wildman–Crippen LogP) is 3.35. The summed E-state index contributed by atoms with van der Waals surface area (Å²) in [6.45, 7) is 0. The molecule has 3 rings (SSSR count). The Hall–Kier alpha value is -1.89. The van der Waals surface area contributed by atoms with Crippen molar-refractivity contribution >= 4 is 32.8 Å². The minimum absolute atomic E-state index is 0.542. The molecule has 4 nitrogen and oxygen atoms in total. The summed E-state index contributed by atoms with van der Waals surface area (Å²) in [5, 5.41) is 0. The third kappa shape index (κ3) is 4.34. The molecule has 110 valence electrons. The first-order chi connectivity index (χ1) is 11.7. The monoisotopic (exact) mass is 413 g/mol. The van der Waals surface area contributed by atoms with Crippen LogP contribution in [0.5, 0.6) is 0 Å². The standard InChI is InChI=1S/C18H13N4.2Zn/c1-12(19)9-14-5-6-17(21-14)11-18-8-7-16(22-18)10-15-4-3-13(2)20-15;;/h1-11,19,21H;;/q-1;;. The van der Waals surface area contributed by atoms with Crippen LogP contribution in [0.25, 0.3) is 17.9 Å². The van der Waals surface area contributed by atoms with Gasteiger partial charge in [-0.05, 0) is 0 Å². The number of hydrogen-bond acceptors (Lipinski definition) is 2. The van der Waals surface area contributed by atoms with Gasteiger partial charge in [0.25, 0.3) is 0 Å². The Morgan fingerprint density at radius 3 is 2.29 bits per heavy atom. The van der Waals surface area contributed by atoms with Crippen LogP contribution in [0.1, 0.15) is 11.4 Å². The van der Waals surface area contributed by atoms with E-state index in [1.165, 1.54) is 0 Å². The molecular weight excluding hydrogens is 403 g/mol. The molecule has 0 unspecified atom stereocenters. The van der Waals surface area contributed by atoms with Gasteiger partial charge < -0.3 is 0 Å². The van der Waals surface area contributed by atoms with Crippen molar-refractivity contribution in [1.82, 2.24) is 4.98 Å². The third-order valence-corrected chi connectivity index (χ3v) is 5.24. The zero-order valence-electron chi connectivity index (χ0n) is 13.2. The summed E-state index contributed by atoms with van der Waals surface area (Å²) < 4.78 is 3.99. The molecule has 1 aromatic rings. The van der Waals surface area contributed by atoms with Crippen molar-refractivity contribution < 1.29 is 35.7 Å². The van der Waals surface area contributed by atoms with Crippen LogP contribution in [0.4, 0.5) is 0 Å². The van der Waals surface area contributed by atoms with Crippen molar-refractivity contribution in [3.63, 3.8) is 0 Å². The van der Waals surface area contributed by atoms with E-state index in [0.29, 0.717) is 5.70 Å². The molecule has 0 saturated carbocycles. The summed E-state index contributed by atoms with van der Waals surface area (Å²) in [5.74, 6) is 0. The molecule has 0 aliphatic carbocycles. The van der Waals surface area contributed by atoms with Gasteiger partial charge in [0.1, 0.15) is 0 Å². The Morgan fingerprint density at radius 2 is 1.58 bits per heavy atom. The van der Waals surface area contributed by atoms with E-state index in [2.05, 4.69) is 19.6 Å².